The first-order valence-corrected chi connectivity index (χ1v) is 7.13. The van der Waals surface area contributed by atoms with Crippen LogP contribution in [0.25, 0.3) is 0 Å². The number of aliphatic hydroxyl groups excluding tert-OH is 1. The van der Waals surface area contributed by atoms with Crippen molar-refractivity contribution in [2.45, 2.75) is 33.0 Å². The van der Waals surface area contributed by atoms with Crippen LogP contribution < -0.4 is 15.4 Å². The molecule has 0 spiro atoms. The van der Waals surface area contributed by atoms with Gasteiger partial charge in [0.1, 0.15) is 5.75 Å². The van der Waals surface area contributed by atoms with E-state index in [4.69, 9.17) is 11.6 Å². The summed E-state index contributed by atoms with van der Waals surface area (Å²) in [6.07, 6.45) is 0.146. The predicted octanol–water partition coefficient (Wildman–Crippen LogP) is 3.47. The second kappa shape index (κ2) is 8.75. The summed E-state index contributed by atoms with van der Waals surface area (Å²) in [5.74, 6) is -0.0377. The van der Waals surface area contributed by atoms with Gasteiger partial charge >= 0.3 is 12.6 Å². The quantitative estimate of drug-likeness (QED) is 0.714. The number of hydrogen-bond acceptors (Lipinski definition) is 3. The summed E-state index contributed by atoms with van der Waals surface area (Å²) in [4.78, 5) is 11.7. The van der Waals surface area contributed by atoms with Crippen molar-refractivity contribution in [1.29, 1.82) is 0 Å². The van der Waals surface area contributed by atoms with Gasteiger partial charge in [0.2, 0.25) is 0 Å². The highest BCUT2D eigenvalue weighted by molar-refractivity contribution is 6.32. The molecular weight excluding hydrogens is 318 g/mol. The molecule has 2 atom stereocenters. The van der Waals surface area contributed by atoms with E-state index < -0.39 is 18.7 Å². The van der Waals surface area contributed by atoms with Crippen LogP contribution in [0, 0.1) is 5.92 Å². The van der Waals surface area contributed by atoms with E-state index in [0.717, 1.165) is 0 Å². The van der Waals surface area contributed by atoms with Gasteiger partial charge in [-0.15, -0.1) is 0 Å². The van der Waals surface area contributed by atoms with Crippen LogP contribution in [0.5, 0.6) is 5.75 Å². The monoisotopic (exact) mass is 336 g/mol. The number of benzene rings is 1. The molecule has 0 radical (unpaired) electrons. The molecule has 1 rings (SSSR count). The van der Waals surface area contributed by atoms with Crippen LogP contribution in [0.1, 0.15) is 20.3 Å². The molecule has 0 fully saturated rings. The average molecular weight is 337 g/mol. The molecule has 22 heavy (non-hydrogen) atoms. The molecule has 5 nitrogen and oxygen atoms in total. The van der Waals surface area contributed by atoms with Crippen molar-refractivity contribution in [1.82, 2.24) is 5.32 Å². The molecule has 0 aliphatic heterocycles. The van der Waals surface area contributed by atoms with Gasteiger partial charge in [0.15, 0.2) is 0 Å². The van der Waals surface area contributed by atoms with Gasteiger partial charge in [-0.3, -0.25) is 0 Å². The first-order chi connectivity index (χ1) is 10.3. The van der Waals surface area contributed by atoms with Crippen molar-refractivity contribution in [3.05, 3.63) is 23.2 Å². The molecule has 1 aromatic carbocycles. The van der Waals surface area contributed by atoms with Crippen molar-refractivity contribution in [3.63, 3.8) is 0 Å². The fourth-order valence-electron chi connectivity index (χ4n) is 1.88. The zero-order valence-corrected chi connectivity index (χ0v) is 13.0. The first-order valence-electron chi connectivity index (χ1n) is 6.75. The minimum absolute atomic E-state index is 0.0272. The lowest BCUT2D eigenvalue weighted by Gasteiger charge is -2.15. The molecule has 0 heterocycles. The molecule has 0 saturated heterocycles. The highest BCUT2D eigenvalue weighted by atomic mass is 35.5. The normalized spacial score (nSPS) is 13.6. The number of ether oxygens (including phenoxy) is 1. The van der Waals surface area contributed by atoms with Gasteiger partial charge in [-0.05, 0) is 37.5 Å². The number of urea groups is 1. The second-order valence-electron chi connectivity index (χ2n) is 5.05. The number of carbonyl (C=O) groups is 1. The van der Waals surface area contributed by atoms with E-state index in [0.29, 0.717) is 18.7 Å². The van der Waals surface area contributed by atoms with Crippen LogP contribution in [0.15, 0.2) is 18.2 Å². The Morgan fingerprint density at radius 1 is 1.41 bits per heavy atom. The number of hydrogen-bond donors (Lipinski definition) is 3. The van der Waals surface area contributed by atoms with E-state index >= 15 is 0 Å². The molecule has 0 aliphatic rings. The van der Waals surface area contributed by atoms with Crippen LogP contribution in [0.3, 0.4) is 0 Å². The summed E-state index contributed by atoms with van der Waals surface area (Å²) in [5.41, 5.74) is 0.354. The molecule has 0 aromatic heterocycles. The maximum Gasteiger partial charge on any atom is 0.387 e. The number of aliphatic hydroxyl groups is 1. The van der Waals surface area contributed by atoms with E-state index in [9.17, 15) is 18.7 Å². The minimum Gasteiger partial charge on any atom is -0.433 e. The molecule has 1 aromatic rings. The van der Waals surface area contributed by atoms with Gasteiger partial charge in [-0.2, -0.15) is 8.78 Å². The SMILES string of the molecule is C[C@H](CNC(=O)Nc1ccc(OC(F)F)c(Cl)c1)C[C@H](C)O. The van der Waals surface area contributed by atoms with Crippen LogP contribution in [0.2, 0.25) is 5.02 Å². The Kier molecular flexibility index (Phi) is 7.34. The predicted molar refractivity (Wildman–Crippen MR) is 80.6 cm³/mol. The van der Waals surface area contributed by atoms with Crippen molar-refractivity contribution in [3.8, 4) is 5.75 Å². The van der Waals surface area contributed by atoms with E-state index in [1.165, 1.54) is 18.2 Å². The maximum atomic E-state index is 12.1. The Hall–Kier alpha value is -1.60. The minimum atomic E-state index is -2.96. The van der Waals surface area contributed by atoms with E-state index in [1.54, 1.807) is 6.92 Å². The zero-order valence-electron chi connectivity index (χ0n) is 12.3. The van der Waals surface area contributed by atoms with Gasteiger partial charge < -0.3 is 20.5 Å². The highest BCUT2D eigenvalue weighted by Gasteiger charge is 2.11. The highest BCUT2D eigenvalue weighted by Crippen LogP contribution is 2.28. The zero-order chi connectivity index (χ0) is 16.7. The van der Waals surface area contributed by atoms with Gasteiger partial charge in [-0.1, -0.05) is 18.5 Å². The number of carbonyl (C=O) groups excluding carboxylic acids is 1. The van der Waals surface area contributed by atoms with E-state index in [2.05, 4.69) is 15.4 Å². The molecule has 3 N–H and O–H groups in total. The number of alkyl halides is 2. The molecule has 2 amide bonds. The number of anilines is 1. The molecule has 124 valence electrons. The number of nitrogens with one attached hydrogen (secondary N) is 2. The summed E-state index contributed by atoms with van der Waals surface area (Å²) in [7, 11) is 0. The summed E-state index contributed by atoms with van der Waals surface area (Å²) < 4.78 is 28.4. The first kappa shape index (κ1) is 18.4. The molecular formula is C14H19ClF2N2O3. The number of amides is 2. The topological polar surface area (TPSA) is 70.6 Å². The average Bonchev–Trinajstić information content (AvgIpc) is 2.38. The third-order valence-electron chi connectivity index (χ3n) is 2.76. The fraction of sp³-hybridized carbons (Fsp3) is 0.500. The van der Waals surface area contributed by atoms with Crippen molar-refractivity contribution < 1.29 is 23.4 Å². The van der Waals surface area contributed by atoms with Crippen molar-refractivity contribution >= 4 is 23.3 Å². The Morgan fingerprint density at radius 2 is 2.09 bits per heavy atom. The van der Waals surface area contributed by atoms with Crippen LogP contribution >= 0.6 is 11.6 Å². The lowest BCUT2D eigenvalue weighted by Crippen LogP contribution is -2.33. The van der Waals surface area contributed by atoms with Crippen LogP contribution in [-0.4, -0.2) is 30.4 Å². The lowest BCUT2D eigenvalue weighted by atomic mass is 10.1. The Labute approximate surface area is 132 Å². The van der Waals surface area contributed by atoms with Crippen LogP contribution in [0.4, 0.5) is 19.3 Å². The summed E-state index contributed by atoms with van der Waals surface area (Å²) in [6, 6.07) is 3.52. The second-order valence-corrected chi connectivity index (χ2v) is 5.46. The standard InChI is InChI=1S/C14H19ClF2N2O3/c1-8(5-9(2)20)7-18-14(21)19-10-3-4-12(11(15)6-10)22-13(16)17/h3-4,6,8-9,13,20H,5,7H2,1-2H3,(H2,18,19,21)/t8-,9-/m0/s1. The molecule has 0 saturated carbocycles. The molecule has 8 heteroatoms. The Morgan fingerprint density at radius 3 is 2.64 bits per heavy atom. The number of rotatable bonds is 7. The molecule has 0 unspecified atom stereocenters. The Balaban J connectivity index is 2.49. The van der Waals surface area contributed by atoms with Gasteiger partial charge in [0.05, 0.1) is 11.1 Å². The van der Waals surface area contributed by atoms with E-state index in [-0.39, 0.29) is 16.7 Å². The lowest BCUT2D eigenvalue weighted by molar-refractivity contribution is -0.0497. The third kappa shape index (κ3) is 6.91. The van der Waals surface area contributed by atoms with Crippen molar-refractivity contribution in [2.24, 2.45) is 5.92 Å². The fourth-order valence-corrected chi connectivity index (χ4v) is 2.10. The number of halogens is 3. The summed E-state index contributed by atoms with van der Waals surface area (Å²) in [5, 5.41) is 14.4. The van der Waals surface area contributed by atoms with Gasteiger partial charge in [0, 0.05) is 12.2 Å². The molecule has 0 bridgehead atoms. The summed E-state index contributed by atoms with van der Waals surface area (Å²) >= 11 is 5.78. The molecule has 0 aliphatic carbocycles. The largest absolute Gasteiger partial charge is 0.433 e. The summed E-state index contributed by atoms with van der Waals surface area (Å²) in [6.45, 7) is 1.02. The third-order valence-corrected chi connectivity index (χ3v) is 3.06. The van der Waals surface area contributed by atoms with Gasteiger partial charge in [0.25, 0.3) is 0 Å². The van der Waals surface area contributed by atoms with E-state index in [1.807, 2.05) is 6.92 Å². The van der Waals surface area contributed by atoms with Gasteiger partial charge in [-0.25, -0.2) is 4.79 Å². The van der Waals surface area contributed by atoms with Crippen LogP contribution in [-0.2, 0) is 0 Å². The van der Waals surface area contributed by atoms with Crippen molar-refractivity contribution in [2.75, 3.05) is 11.9 Å². The Bertz CT molecular complexity index is 501. The maximum absolute atomic E-state index is 12.1. The smallest absolute Gasteiger partial charge is 0.387 e.